The monoisotopic (exact) mass is 319 g/mol. The van der Waals surface area contributed by atoms with Crippen LogP contribution in [0.5, 0.6) is 5.75 Å². The third-order valence-corrected chi connectivity index (χ3v) is 4.46. The Morgan fingerprint density at radius 1 is 1.41 bits per heavy atom. The highest BCUT2D eigenvalue weighted by molar-refractivity contribution is 9.10. The van der Waals surface area contributed by atoms with Crippen LogP contribution >= 0.6 is 15.9 Å². The number of rotatable bonds is 5. The zero-order chi connectivity index (χ0) is 13.0. The summed E-state index contributed by atoms with van der Waals surface area (Å²) in [5, 5.41) is 0. The standard InChI is InChI=1S/C12H17BrO3S/c1-8(7-17(14)15)6-16-11-4-9(2)12(13)10(3)5-11/h4-5,8H,6-7H2,1-3H3,(H,14,15)/p-1. The van der Waals surface area contributed by atoms with Crippen LogP contribution in [-0.2, 0) is 11.1 Å². The predicted molar refractivity (Wildman–Crippen MR) is 72.1 cm³/mol. The molecule has 2 unspecified atom stereocenters. The van der Waals surface area contributed by atoms with Crippen molar-refractivity contribution < 1.29 is 13.5 Å². The molecule has 0 bridgehead atoms. The molecule has 0 N–H and O–H groups in total. The molecule has 2 atom stereocenters. The van der Waals surface area contributed by atoms with Crippen molar-refractivity contribution in [1.29, 1.82) is 0 Å². The Morgan fingerprint density at radius 2 is 1.94 bits per heavy atom. The molecule has 0 aliphatic heterocycles. The molecule has 0 fully saturated rings. The summed E-state index contributed by atoms with van der Waals surface area (Å²) in [6, 6.07) is 3.88. The van der Waals surface area contributed by atoms with Gasteiger partial charge in [0, 0.05) is 16.1 Å². The van der Waals surface area contributed by atoms with Crippen molar-refractivity contribution in [2.24, 2.45) is 5.92 Å². The molecule has 0 heterocycles. The van der Waals surface area contributed by atoms with E-state index in [0.29, 0.717) is 6.61 Å². The Hall–Kier alpha value is -0.390. The van der Waals surface area contributed by atoms with Gasteiger partial charge in [0.25, 0.3) is 0 Å². The van der Waals surface area contributed by atoms with E-state index in [9.17, 15) is 8.76 Å². The molecule has 0 aliphatic rings. The fourth-order valence-corrected chi connectivity index (χ4v) is 2.30. The fraction of sp³-hybridized carbons (Fsp3) is 0.500. The molecule has 1 aromatic rings. The molecule has 3 nitrogen and oxygen atoms in total. The molecule has 17 heavy (non-hydrogen) atoms. The molecule has 0 amide bonds. The summed E-state index contributed by atoms with van der Waals surface area (Å²) in [4.78, 5) is 0. The van der Waals surface area contributed by atoms with E-state index in [-0.39, 0.29) is 11.7 Å². The Balaban J connectivity index is 2.61. The van der Waals surface area contributed by atoms with E-state index < -0.39 is 11.1 Å². The van der Waals surface area contributed by atoms with Crippen LogP contribution in [0.1, 0.15) is 18.1 Å². The number of ether oxygens (including phenoxy) is 1. The van der Waals surface area contributed by atoms with Crippen LogP contribution in [0.4, 0.5) is 0 Å². The molecular weight excluding hydrogens is 304 g/mol. The molecule has 0 radical (unpaired) electrons. The summed E-state index contributed by atoms with van der Waals surface area (Å²) in [6.07, 6.45) is 0. The Labute approximate surface area is 113 Å². The van der Waals surface area contributed by atoms with Crippen LogP contribution in [0.15, 0.2) is 16.6 Å². The van der Waals surface area contributed by atoms with Gasteiger partial charge in [0.15, 0.2) is 0 Å². The van der Waals surface area contributed by atoms with Crippen LogP contribution in [0.25, 0.3) is 0 Å². The van der Waals surface area contributed by atoms with Gasteiger partial charge in [-0.3, -0.25) is 4.21 Å². The molecule has 0 aliphatic carbocycles. The van der Waals surface area contributed by atoms with E-state index in [1.54, 1.807) is 0 Å². The summed E-state index contributed by atoms with van der Waals surface area (Å²) in [5.41, 5.74) is 2.22. The lowest BCUT2D eigenvalue weighted by molar-refractivity contribution is 0.271. The maximum atomic E-state index is 10.5. The van der Waals surface area contributed by atoms with Crippen molar-refractivity contribution in [3.63, 3.8) is 0 Å². The average molecular weight is 320 g/mol. The molecule has 5 heteroatoms. The van der Waals surface area contributed by atoms with E-state index in [2.05, 4.69) is 15.9 Å². The highest BCUT2D eigenvalue weighted by Gasteiger charge is 2.06. The average Bonchev–Trinajstić information content (AvgIpc) is 2.22. The molecule has 0 spiro atoms. The van der Waals surface area contributed by atoms with Crippen molar-refractivity contribution >= 4 is 27.0 Å². The number of aryl methyl sites for hydroxylation is 2. The molecule has 1 aromatic carbocycles. The number of hydrogen-bond acceptors (Lipinski definition) is 3. The van der Waals surface area contributed by atoms with Gasteiger partial charge in [0.05, 0.1) is 6.61 Å². The summed E-state index contributed by atoms with van der Waals surface area (Å²) >= 11 is 1.49. The Bertz CT molecular complexity index is 397. The Kier molecular flexibility index (Phi) is 5.62. The summed E-state index contributed by atoms with van der Waals surface area (Å²) < 4.78 is 27.7. The SMILES string of the molecule is Cc1cc(OCC(C)CS(=O)[O-])cc(C)c1Br. The van der Waals surface area contributed by atoms with Crippen LogP contribution in [0.2, 0.25) is 0 Å². The van der Waals surface area contributed by atoms with Crippen molar-refractivity contribution in [3.8, 4) is 5.75 Å². The van der Waals surface area contributed by atoms with E-state index in [1.807, 2.05) is 32.9 Å². The maximum Gasteiger partial charge on any atom is 0.119 e. The van der Waals surface area contributed by atoms with Gasteiger partial charge in [0.2, 0.25) is 0 Å². The molecular formula is C12H16BrO3S-. The first-order valence-electron chi connectivity index (χ1n) is 5.35. The highest BCUT2D eigenvalue weighted by atomic mass is 79.9. The van der Waals surface area contributed by atoms with Crippen LogP contribution in [0, 0.1) is 19.8 Å². The molecule has 0 aromatic heterocycles. The van der Waals surface area contributed by atoms with Gasteiger partial charge in [-0.05, 0) is 37.1 Å². The lowest BCUT2D eigenvalue weighted by Gasteiger charge is -2.15. The maximum absolute atomic E-state index is 10.5. The van der Waals surface area contributed by atoms with Crippen LogP contribution in [0.3, 0.4) is 0 Å². The number of benzene rings is 1. The minimum absolute atomic E-state index is 0.00223. The second-order valence-corrected chi connectivity index (χ2v) is 5.99. The van der Waals surface area contributed by atoms with Crippen molar-refractivity contribution in [3.05, 3.63) is 27.7 Å². The van der Waals surface area contributed by atoms with E-state index >= 15 is 0 Å². The van der Waals surface area contributed by atoms with Gasteiger partial charge in [0.1, 0.15) is 5.75 Å². The highest BCUT2D eigenvalue weighted by Crippen LogP contribution is 2.26. The second-order valence-electron chi connectivity index (χ2n) is 4.26. The van der Waals surface area contributed by atoms with E-state index in [1.165, 1.54) is 0 Å². The zero-order valence-electron chi connectivity index (χ0n) is 10.2. The normalized spacial score (nSPS) is 14.4. The molecule has 0 saturated heterocycles. The van der Waals surface area contributed by atoms with Crippen LogP contribution in [-0.4, -0.2) is 21.1 Å². The molecule has 96 valence electrons. The van der Waals surface area contributed by atoms with Crippen LogP contribution < -0.4 is 4.74 Å². The van der Waals surface area contributed by atoms with Gasteiger partial charge in [-0.15, -0.1) is 0 Å². The van der Waals surface area contributed by atoms with Gasteiger partial charge in [-0.1, -0.05) is 33.9 Å². The summed E-state index contributed by atoms with van der Waals surface area (Å²) in [7, 11) is 0. The van der Waals surface area contributed by atoms with E-state index in [0.717, 1.165) is 21.3 Å². The topological polar surface area (TPSA) is 49.4 Å². The third-order valence-electron chi connectivity index (χ3n) is 2.37. The lowest BCUT2D eigenvalue weighted by Crippen LogP contribution is -2.15. The van der Waals surface area contributed by atoms with Gasteiger partial charge < -0.3 is 9.29 Å². The zero-order valence-corrected chi connectivity index (χ0v) is 12.6. The molecule has 1 rings (SSSR count). The van der Waals surface area contributed by atoms with Gasteiger partial charge in [-0.25, -0.2) is 0 Å². The van der Waals surface area contributed by atoms with E-state index in [4.69, 9.17) is 4.74 Å². The lowest BCUT2D eigenvalue weighted by atomic mass is 10.1. The molecule has 0 saturated carbocycles. The van der Waals surface area contributed by atoms with Crippen molar-refractivity contribution in [2.45, 2.75) is 20.8 Å². The first-order chi connectivity index (χ1) is 7.90. The minimum Gasteiger partial charge on any atom is -0.772 e. The van der Waals surface area contributed by atoms with Crippen molar-refractivity contribution in [1.82, 2.24) is 0 Å². The number of hydrogen-bond donors (Lipinski definition) is 0. The quantitative estimate of drug-likeness (QED) is 0.784. The first kappa shape index (κ1) is 14.7. The van der Waals surface area contributed by atoms with Crippen molar-refractivity contribution in [2.75, 3.05) is 12.4 Å². The largest absolute Gasteiger partial charge is 0.772 e. The first-order valence-corrected chi connectivity index (χ1v) is 7.39. The summed E-state index contributed by atoms with van der Waals surface area (Å²) in [6.45, 7) is 6.27. The Morgan fingerprint density at radius 3 is 2.41 bits per heavy atom. The second kappa shape index (κ2) is 6.52. The number of halogens is 1. The van der Waals surface area contributed by atoms with Gasteiger partial charge >= 0.3 is 0 Å². The minimum atomic E-state index is -2.00. The fourth-order valence-electron chi connectivity index (χ4n) is 1.51. The third kappa shape index (κ3) is 4.77. The smallest absolute Gasteiger partial charge is 0.119 e. The van der Waals surface area contributed by atoms with Gasteiger partial charge in [-0.2, -0.15) is 0 Å². The predicted octanol–water partition coefficient (Wildman–Crippen LogP) is 2.96. The summed E-state index contributed by atoms with van der Waals surface area (Å²) in [5.74, 6) is 0.915.